The van der Waals surface area contributed by atoms with Gasteiger partial charge in [0.2, 0.25) is 0 Å². The largest absolute Gasteiger partial charge is 0.358 e. The third-order valence-corrected chi connectivity index (χ3v) is 6.15. The number of anilines is 1. The van der Waals surface area contributed by atoms with Gasteiger partial charge >= 0.3 is 0 Å². The van der Waals surface area contributed by atoms with Crippen molar-refractivity contribution < 1.29 is 0 Å². The number of aromatic amines is 2. The fraction of sp³-hybridized carbons (Fsp3) is 0.148. The van der Waals surface area contributed by atoms with Gasteiger partial charge in [0, 0.05) is 23.7 Å². The summed E-state index contributed by atoms with van der Waals surface area (Å²) < 4.78 is 1.98. The minimum absolute atomic E-state index is 0.318. The van der Waals surface area contributed by atoms with E-state index in [1.807, 2.05) is 54.1 Å². The van der Waals surface area contributed by atoms with Crippen molar-refractivity contribution in [1.29, 1.82) is 0 Å². The molecule has 0 unspecified atom stereocenters. The van der Waals surface area contributed by atoms with E-state index in [1.54, 1.807) is 18.7 Å². The Balaban J connectivity index is 1.41. The molecule has 9 heteroatoms. The molecule has 0 aliphatic carbocycles. The lowest BCUT2D eigenvalue weighted by Gasteiger charge is -2.13. The van der Waals surface area contributed by atoms with Crippen LogP contribution in [0.15, 0.2) is 73.6 Å². The third-order valence-electron chi connectivity index (χ3n) is 6.15. The first-order valence-corrected chi connectivity index (χ1v) is 11.7. The first-order valence-electron chi connectivity index (χ1n) is 11.7. The molecule has 0 saturated carbocycles. The second-order valence-electron chi connectivity index (χ2n) is 9.11. The SMILES string of the molecule is C=C(Nc1cncc(-c2ccc3[nH]nc(-c4nc5c(-n6cnc(C)c6)cccc5[nH]4)c3n2)c1)C(C)C. The maximum atomic E-state index is 4.93. The minimum atomic E-state index is 0.318. The number of pyridine rings is 2. The van der Waals surface area contributed by atoms with E-state index in [-0.39, 0.29) is 0 Å². The van der Waals surface area contributed by atoms with Crippen LogP contribution in [0.4, 0.5) is 5.69 Å². The van der Waals surface area contributed by atoms with Crippen LogP contribution in [0.2, 0.25) is 0 Å². The van der Waals surface area contributed by atoms with Crippen molar-refractivity contribution in [2.24, 2.45) is 5.92 Å². The van der Waals surface area contributed by atoms with Gasteiger partial charge in [0.1, 0.15) is 11.0 Å². The number of aromatic nitrogens is 8. The molecule has 0 aliphatic heterocycles. The van der Waals surface area contributed by atoms with Crippen LogP contribution in [-0.4, -0.2) is 39.7 Å². The van der Waals surface area contributed by atoms with Crippen molar-refractivity contribution in [1.82, 2.24) is 39.7 Å². The van der Waals surface area contributed by atoms with Gasteiger partial charge in [-0.3, -0.25) is 10.1 Å². The highest BCUT2D eigenvalue weighted by Crippen LogP contribution is 2.30. The number of allylic oxidation sites excluding steroid dienone is 1. The molecule has 0 bridgehead atoms. The number of hydrogen-bond acceptors (Lipinski definition) is 6. The Morgan fingerprint density at radius 1 is 1.06 bits per heavy atom. The van der Waals surface area contributed by atoms with E-state index >= 15 is 0 Å². The number of rotatable bonds is 6. The second kappa shape index (κ2) is 8.46. The first kappa shape index (κ1) is 21.7. The number of H-pyrrole nitrogens is 2. The number of para-hydroxylation sites is 1. The zero-order valence-corrected chi connectivity index (χ0v) is 20.2. The van der Waals surface area contributed by atoms with E-state index in [4.69, 9.17) is 9.97 Å². The van der Waals surface area contributed by atoms with E-state index in [0.717, 1.165) is 56.1 Å². The standard InChI is InChI=1S/C27H25N9/c1-15(2)17(4)30-19-10-18(11-28-12-19)20-8-9-22-25(31-20)26(35-34-22)27-32-21-6-5-7-23(24(21)33-27)36-13-16(3)29-14-36/h5-15,30H,4H2,1-3H3,(H,32,33)(H,34,35). The lowest BCUT2D eigenvalue weighted by molar-refractivity contribution is 0.778. The Morgan fingerprint density at radius 2 is 1.94 bits per heavy atom. The Kier molecular flexibility index (Phi) is 5.10. The monoisotopic (exact) mass is 475 g/mol. The average molecular weight is 476 g/mol. The second-order valence-corrected chi connectivity index (χ2v) is 9.11. The summed E-state index contributed by atoms with van der Waals surface area (Å²) >= 11 is 0. The molecule has 0 amide bonds. The summed E-state index contributed by atoms with van der Waals surface area (Å²) in [7, 11) is 0. The van der Waals surface area contributed by atoms with Gasteiger partial charge < -0.3 is 14.9 Å². The van der Waals surface area contributed by atoms with Gasteiger partial charge in [-0.25, -0.2) is 15.0 Å². The van der Waals surface area contributed by atoms with Crippen LogP contribution < -0.4 is 5.32 Å². The molecule has 0 fully saturated rings. The van der Waals surface area contributed by atoms with Crippen LogP contribution in [0.5, 0.6) is 0 Å². The molecule has 0 spiro atoms. The summed E-state index contributed by atoms with van der Waals surface area (Å²) in [5.41, 5.74) is 9.36. The predicted molar refractivity (Wildman–Crippen MR) is 142 cm³/mol. The number of aryl methyl sites for hydroxylation is 1. The zero-order valence-electron chi connectivity index (χ0n) is 20.2. The smallest absolute Gasteiger partial charge is 0.161 e. The van der Waals surface area contributed by atoms with Crippen LogP contribution in [0.25, 0.3) is 50.5 Å². The van der Waals surface area contributed by atoms with Crippen LogP contribution >= 0.6 is 0 Å². The molecule has 5 aromatic heterocycles. The molecule has 0 aliphatic rings. The number of fused-ring (bicyclic) bond motifs is 2. The van der Waals surface area contributed by atoms with Gasteiger partial charge in [-0.1, -0.05) is 26.5 Å². The Morgan fingerprint density at radius 3 is 2.75 bits per heavy atom. The Hall–Kier alpha value is -4.79. The molecule has 9 nitrogen and oxygen atoms in total. The number of benzene rings is 1. The number of nitrogens with one attached hydrogen (secondary N) is 3. The van der Waals surface area contributed by atoms with Crippen molar-refractivity contribution in [3.05, 3.63) is 79.3 Å². The number of hydrogen-bond donors (Lipinski definition) is 3. The summed E-state index contributed by atoms with van der Waals surface area (Å²) in [5, 5.41) is 11.0. The van der Waals surface area contributed by atoms with Crippen LogP contribution in [0, 0.1) is 12.8 Å². The van der Waals surface area contributed by atoms with E-state index in [9.17, 15) is 0 Å². The molecular formula is C27H25N9. The van der Waals surface area contributed by atoms with Gasteiger partial charge in [-0.05, 0) is 43.2 Å². The summed E-state index contributed by atoms with van der Waals surface area (Å²) in [5.74, 6) is 0.964. The van der Waals surface area contributed by atoms with E-state index in [1.165, 1.54) is 0 Å². The lowest BCUT2D eigenvalue weighted by Crippen LogP contribution is -2.04. The summed E-state index contributed by atoms with van der Waals surface area (Å²) in [6.07, 6.45) is 7.36. The quantitative estimate of drug-likeness (QED) is 0.287. The Labute approximate surface area is 207 Å². The number of nitrogens with zero attached hydrogens (tertiary/aromatic N) is 6. The fourth-order valence-electron chi connectivity index (χ4n) is 4.09. The Bertz CT molecular complexity index is 1740. The minimum Gasteiger partial charge on any atom is -0.358 e. The fourth-order valence-corrected chi connectivity index (χ4v) is 4.09. The first-order chi connectivity index (χ1) is 17.5. The molecule has 6 aromatic rings. The van der Waals surface area contributed by atoms with Gasteiger partial charge in [0.15, 0.2) is 11.5 Å². The summed E-state index contributed by atoms with van der Waals surface area (Å²) in [6.45, 7) is 10.3. The van der Waals surface area contributed by atoms with Gasteiger partial charge in [-0.15, -0.1) is 0 Å². The van der Waals surface area contributed by atoms with Crippen LogP contribution in [0.3, 0.4) is 0 Å². The molecule has 0 atom stereocenters. The molecule has 0 radical (unpaired) electrons. The summed E-state index contributed by atoms with van der Waals surface area (Å²) in [4.78, 5) is 22.0. The third kappa shape index (κ3) is 3.80. The van der Waals surface area contributed by atoms with Crippen LogP contribution in [0.1, 0.15) is 19.5 Å². The molecule has 0 saturated heterocycles. The van der Waals surface area contributed by atoms with E-state index < -0.39 is 0 Å². The summed E-state index contributed by atoms with van der Waals surface area (Å²) in [6, 6.07) is 12.0. The molecule has 6 rings (SSSR count). The number of imidazole rings is 2. The van der Waals surface area contributed by atoms with E-state index in [0.29, 0.717) is 17.4 Å². The van der Waals surface area contributed by atoms with Gasteiger partial charge in [0.05, 0.1) is 46.3 Å². The van der Waals surface area contributed by atoms with Crippen molar-refractivity contribution in [2.45, 2.75) is 20.8 Å². The zero-order chi connectivity index (χ0) is 24.8. The van der Waals surface area contributed by atoms with Crippen LogP contribution in [-0.2, 0) is 0 Å². The van der Waals surface area contributed by atoms with Crippen molar-refractivity contribution in [3.8, 4) is 28.5 Å². The maximum absolute atomic E-state index is 4.93. The molecule has 1 aromatic carbocycles. The lowest BCUT2D eigenvalue weighted by atomic mass is 10.1. The highest BCUT2D eigenvalue weighted by atomic mass is 15.2. The highest BCUT2D eigenvalue weighted by molar-refractivity contribution is 5.93. The maximum Gasteiger partial charge on any atom is 0.161 e. The van der Waals surface area contributed by atoms with Crippen molar-refractivity contribution in [2.75, 3.05) is 5.32 Å². The molecular weight excluding hydrogens is 450 g/mol. The predicted octanol–water partition coefficient (Wildman–Crippen LogP) is 5.64. The van der Waals surface area contributed by atoms with Gasteiger partial charge in [0.25, 0.3) is 0 Å². The molecule has 5 heterocycles. The topological polar surface area (TPSA) is 113 Å². The molecule has 178 valence electrons. The van der Waals surface area contributed by atoms with E-state index in [2.05, 4.69) is 50.9 Å². The normalized spacial score (nSPS) is 11.6. The highest BCUT2D eigenvalue weighted by Gasteiger charge is 2.17. The molecule has 3 N–H and O–H groups in total. The van der Waals surface area contributed by atoms with Gasteiger partial charge in [-0.2, -0.15) is 5.10 Å². The van der Waals surface area contributed by atoms with Crippen molar-refractivity contribution >= 4 is 27.8 Å². The van der Waals surface area contributed by atoms with Crippen molar-refractivity contribution in [3.63, 3.8) is 0 Å². The molecule has 36 heavy (non-hydrogen) atoms. The average Bonchev–Trinajstić information content (AvgIpc) is 3.61.